The molecule has 2 aromatic carbocycles. The maximum Gasteiger partial charge on any atom is 0.243 e. The summed E-state index contributed by atoms with van der Waals surface area (Å²) < 4.78 is 43.6. The maximum atomic E-state index is 14.0. The summed E-state index contributed by atoms with van der Waals surface area (Å²) in [6.07, 6.45) is 3.23. The molecule has 0 aliphatic carbocycles. The molecule has 4 aromatic rings. The van der Waals surface area contributed by atoms with E-state index in [0.717, 1.165) is 28.6 Å². The smallest absolute Gasteiger partial charge is 0.243 e. The number of rotatable bonds is 5. The second-order valence-electron chi connectivity index (χ2n) is 7.95. The van der Waals surface area contributed by atoms with Crippen LogP contribution < -0.4 is 0 Å². The molecule has 0 N–H and O–H groups in total. The Morgan fingerprint density at radius 2 is 1.76 bits per heavy atom. The lowest BCUT2D eigenvalue weighted by Gasteiger charge is -2.32. The minimum absolute atomic E-state index is 0.0146. The van der Waals surface area contributed by atoms with E-state index in [-0.39, 0.29) is 29.6 Å². The van der Waals surface area contributed by atoms with Crippen LogP contribution in [-0.2, 0) is 10.0 Å². The molecule has 168 valence electrons. The Morgan fingerprint density at radius 3 is 2.45 bits per heavy atom. The minimum atomic E-state index is -3.87. The molecule has 9 heteroatoms. The Morgan fingerprint density at radius 1 is 1.00 bits per heavy atom. The molecular weight excluding hydrogens is 443 g/mol. The predicted octanol–water partition coefficient (Wildman–Crippen LogP) is 4.08. The van der Waals surface area contributed by atoms with Crippen LogP contribution in [-0.4, -0.2) is 46.6 Å². The number of sulfonamides is 1. The summed E-state index contributed by atoms with van der Waals surface area (Å²) in [4.78, 5) is 20.0. The fourth-order valence-corrected chi connectivity index (χ4v) is 5.80. The summed E-state index contributed by atoms with van der Waals surface area (Å²) in [7, 11) is -3.87. The van der Waals surface area contributed by atoms with Gasteiger partial charge >= 0.3 is 0 Å². The van der Waals surface area contributed by atoms with E-state index in [9.17, 15) is 17.6 Å². The third-order valence-corrected chi connectivity index (χ3v) is 7.90. The quantitative estimate of drug-likeness (QED) is 0.416. The Bertz CT molecular complexity index is 1430. The van der Waals surface area contributed by atoms with Crippen LogP contribution in [0, 0.1) is 5.82 Å². The molecule has 0 amide bonds. The highest BCUT2D eigenvalue weighted by molar-refractivity contribution is 7.89. The molecule has 0 bridgehead atoms. The molecule has 1 fully saturated rings. The first-order valence-electron chi connectivity index (χ1n) is 10.6. The van der Waals surface area contributed by atoms with Crippen LogP contribution in [0.5, 0.6) is 0 Å². The van der Waals surface area contributed by atoms with Gasteiger partial charge in [0.2, 0.25) is 10.0 Å². The normalized spacial score (nSPS) is 15.7. The fourth-order valence-electron chi connectivity index (χ4n) is 4.32. The number of nitrogens with zero attached hydrogens (tertiary/aromatic N) is 4. The highest BCUT2D eigenvalue weighted by Gasteiger charge is 2.32. The molecule has 1 saturated heterocycles. The van der Waals surface area contributed by atoms with Gasteiger partial charge in [-0.15, -0.1) is 0 Å². The summed E-state index contributed by atoms with van der Waals surface area (Å²) in [5.74, 6) is -0.0402. The summed E-state index contributed by atoms with van der Waals surface area (Å²) >= 11 is 0. The fraction of sp³-hybridized carbons (Fsp3) is 0.208. The molecule has 0 saturated carbocycles. The molecule has 0 atom stereocenters. The van der Waals surface area contributed by atoms with Gasteiger partial charge in [-0.05, 0) is 43.2 Å². The molecule has 7 nitrogen and oxygen atoms in total. The Hall–Kier alpha value is -3.43. The maximum absolute atomic E-state index is 14.0. The van der Waals surface area contributed by atoms with Gasteiger partial charge in [-0.1, -0.05) is 30.3 Å². The van der Waals surface area contributed by atoms with Crippen molar-refractivity contribution >= 4 is 27.5 Å². The summed E-state index contributed by atoms with van der Waals surface area (Å²) in [6, 6.07) is 17.0. The molecule has 1 aliphatic rings. The highest BCUT2D eigenvalue weighted by atomic mass is 32.2. The second kappa shape index (κ2) is 8.49. The van der Waals surface area contributed by atoms with Crippen molar-refractivity contribution in [3.05, 3.63) is 78.2 Å². The molecular formula is C24H21FN4O3S. The molecule has 0 unspecified atom stereocenters. The molecule has 3 heterocycles. The van der Waals surface area contributed by atoms with Gasteiger partial charge in [0.15, 0.2) is 11.9 Å². The van der Waals surface area contributed by atoms with Crippen molar-refractivity contribution in [2.75, 3.05) is 13.1 Å². The van der Waals surface area contributed by atoms with Gasteiger partial charge in [0.25, 0.3) is 0 Å². The zero-order valence-corrected chi connectivity index (χ0v) is 18.5. The Balaban J connectivity index is 1.44. The average Bonchev–Trinajstić information content (AvgIpc) is 3.24. The number of hydrogen-bond donors (Lipinski definition) is 0. The minimum Gasteiger partial charge on any atom is -0.305 e. The molecule has 1 aliphatic heterocycles. The number of halogens is 1. The van der Waals surface area contributed by atoms with Gasteiger partial charge < -0.3 is 4.57 Å². The van der Waals surface area contributed by atoms with Crippen LogP contribution in [0.15, 0.2) is 71.8 Å². The van der Waals surface area contributed by atoms with E-state index in [4.69, 9.17) is 4.98 Å². The van der Waals surface area contributed by atoms with E-state index in [1.54, 1.807) is 6.20 Å². The van der Waals surface area contributed by atoms with E-state index >= 15 is 0 Å². The van der Waals surface area contributed by atoms with Crippen LogP contribution in [0.2, 0.25) is 0 Å². The van der Waals surface area contributed by atoms with Gasteiger partial charge in [0, 0.05) is 30.9 Å². The lowest BCUT2D eigenvalue weighted by atomic mass is 10.1. The molecule has 2 aromatic heterocycles. The molecule has 33 heavy (non-hydrogen) atoms. The summed E-state index contributed by atoms with van der Waals surface area (Å²) in [5.41, 5.74) is 2.36. The monoisotopic (exact) mass is 464 g/mol. The van der Waals surface area contributed by atoms with Crippen LogP contribution in [0.1, 0.15) is 29.2 Å². The van der Waals surface area contributed by atoms with Crippen molar-refractivity contribution < 1.29 is 17.6 Å². The third-order valence-electron chi connectivity index (χ3n) is 6.01. The van der Waals surface area contributed by atoms with E-state index in [0.29, 0.717) is 19.1 Å². The van der Waals surface area contributed by atoms with Gasteiger partial charge in [0.1, 0.15) is 17.2 Å². The van der Waals surface area contributed by atoms with Crippen LogP contribution in [0.3, 0.4) is 0 Å². The van der Waals surface area contributed by atoms with Crippen molar-refractivity contribution in [1.29, 1.82) is 0 Å². The van der Waals surface area contributed by atoms with Gasteiger partial charge in [-0.2, -0.15) is 4.31 Å². The van der Waals surface area contributed by atoms with Crippen molar-refractivity contribution in [3.8, 4) is 11.4 Å². The highest BCUT2D eigenvalue weighted by Crippen LogP contribution is 2.34. The zero-order chi connectivity index (χ0) is 23.0. The number of piperidine rings is 1. The average molecular weight is 465 g/mol. The lowest BCUT2D eigenvalue weighted by molar-refractivity contribution is 0.111. The number of aromatic nitrogens is 3. The van der Waals surface area contributed by atoms with Crippen LogP contribution in [0.4, 0.5) is 4.39 Å². The van der Waals surface area contributed by atoms with Crippen LogP contribution in [0.25, 0.3) is 22.6 Å². The first kappa shape index (κ1) is 21.4. The van der Waals surface area contributed by atoms with Crippen molar-refractivity contribution in [2.24, 2.45) is 0 Å². The standard InChI is InChI=1S/C24H21FN4O3S/c25-21-15-20(9-8-18(21)16-30)33(31,32)28-13-10-19(11-14-28)29-23(17-5-2-1-3-6-17)27-22-7-4-12-26-24(22)29/h1-9,12,15-16,19H,10-11,13-14H2. The molecule has 0 radical (unpaired) electrons. The van der Waals surface area contributed by atoms with E-state index in [1.165, 1.54) is 16.4 Å². The first-order chi connectivity index (χ1) is 16.0. The largest absolute Gasteiger partial charge is 0.305 e. The number of pyridine rings is 1. The SMILES string of the molecule is O=Cc1ccc(S(=O)(=O)N2CCC(n3c(-c4ccccc4)nc4cccnc43)CC2)cc1F. The number of hydrogen-bond acceptors (Lipinski definition) is 5. The summed E-state index contributed by atoms with van der Waals surface area (Å²) in [6.45, 7) is 0.565. The Labute approximate surface area is 190 Å². The number of imidazole rings is 1. The van der Waals surface area contributed by atoms with E-state index in [2.05, 4.69) is 9.55 Å². The zero-order valence-electron chi connectivity index (χ0n) is 17.6. The number of fused-ring (bicyclic) bond motifs is 1. The second-order valence-corrected chi connectivity index (χ2v) is 9.89. The number of aldehydes is 1. The number of carbonyl (C=O) groups excluding carboxylic acids is 1. The van der Waals surface area contributed by atoms with Crippen molar-refractivity contribution in [3.63, 3.8) is 0 Å². The topological polar surface area (TPSA) is 85.2 Å². The van der Waals surface area contributed by atoms with Crippen LogP contribution >= 0.6 is 0 Å². The van der Waals surface area contributed by atoms with Gasteiger partial charge in [-0.3, -0.25) is 4.79 Å². The van der Waals surface area contributed by atoms with E-state index < -0.39 is 15.8 Å². The Kier molecular flexibility index (Phi) is 5.51. The van der Waals surface area contributed by atoms with Crippen molar-refractivity contribution in [2.45, 2.75) is 23.8 Å². The van der Waals surface area contributed by atoms with Gasteiger partial charge in [-0.25, -0.2) is 22.8 Å². The molecule has 5 rings (SSSR count). The lowest BCUT2D eigenvalue weighted by Crippen LogP contribution is -2.39. The predicted molar refractivity (Wildman–Crippen MR) is 122 cm³/mol. The number of benzene rings is 2. The molecule has 0 spiro atoms. The van der Waals surface area contributed by atoms with Crippen molar-refractivity contribution in [1.82, 2.24) is 18.8 Å². The third kappa shape index (κ3) is 3.83. The number of carbonyl (C=O) groups is 1. The van der Waals surface area contributed by atoms with E-state index in [1.807, 2.05) is 42.5 Å². The first-order valence-corrected chi connectivity index (χ1v) is 12.1. The summed E-state index contributed by atoms with van der Waals surface area (Å²) in [5, 5.41) is 0. The van der Waals surface area contributed by atoms with Gasteiger partial charge in [0.05, 0.1) is 10.5 Å².